The van der Waals surface area contributed by atoms with Crippen molar-refractivity contribution in [2.24, 2.45) is 0 Å². The quantitative estimate of drug-likeness (QED) is 0.243. The van der Waals surface area contributed by atoms with Crippen LogP contribution in [0.25, 0.3) is 0 Å². The Labute approximate surface area is 231 Å². The summed E-state index contributed by atoms with van der Waals surface area (Å²) in [5.41, 5.74) is 2.36. The second-order valence-corrected chi connectivity index (χ2v) is 7.85. The molecule has 40 heavy (non-hydrogen) atoms. The lowest BCUT2D eigenvalue weighted by molar-refractivity contribution is 0.392. The second kappa shape index (κ2) is 19.2. The maximum Gasteiger partial charge on any atom is 0.282 e. The zero-order chi connectivity index (χ0) is 28.7. The zero-order valence-corrected chi connectivity index (χ0v) is 22.2. The van der Waals surface area contributed by atoms with Crippen LogP contribution in [0.15, 0.2) is 80.6 Å². The van der Waals surface area contributed by atoms with E-state index in [2.05, 4.69) is 34.5 Å². The van der Waals surface area contributed by atoms with E-state index in [0.29, 0.717) is 33.8 Å². The number of nitrogens with zero attached hydrogens (tertiary/aromatic N) is 2. The molecule has 0 unspecified atom stereocenters. The summed E-state index contributed by atoms with van der Waals surface area (Å²) in [4.78, 5) is 45.8. The van der Waals surface area contributed by atoms with Crippen LogP contribution < -0.4 is 22.0 Å². The Kier molecular flexibility index (Phi) is 17.8. The van der Waals surface area contributed by atoms with Crippen molar-refractivity contribution < 1.29 is 17.9 Å². The molecule has 0 aliphatic carbocycles. The van der Waals surface area contributed by atoms with Gasteiger partial charge in [-0.25, -0.2) is 4.98 Å². The number of hydrogen-bond acceptors (Lipinski definition) is 10. The molecule has 0 fully saturated rings. The third-order valence-electron chi connectivity index (χ3n) is 4.28. The van der Waals surface area contributed by atoms with Gasteiger partial charge < -0.3 is 17.9 Å². The number of H-pyrrole nitrogens is 3. The first-order valence-electron chi connectivity index (χ1n) is 11.1. The molecular weight excluding hydrogens is 522 g/mol. The van der Waals surface area contributed by atoms with Crippen LogP contribution in [0.2, 0.25) is 0 Å². The van der Waals surface area contributed by atoms with Crippen molar-refractivity contribution in [2.75, 3.05) is 0 Å². The highest BCUT2D eigenvalue weighted by Gasteiger charge is 1.94. The van der Waals surface area contributed by atoms with Crippen molar-refractivity contribution in [1.82, 2.24) is 25.5 Å². The topological polar surface area (TPSA) is 194 Å². The first-order chi connectivity index (χ1) is 17.9. The summed E-state index contributed by atoms with van der Waals surface area (Å²) in [5.74, 6) is 2.13. The van der Waals surface area contributed by atoms with Crippen LogP contribution in [-0.2, 0) is 0 Å². The average Bonchev–Trinajstić information content (AvgIpc) is 3.60. The molecule has 0 spiro atoms. The lowest BCUT2D eigenvalue weighted by Gasteiger charge is -1.89. The summed E-state index contributed by atoms with van der Waals surface area (Å²) >= 11 is 0. The van der Waals surface area contributed by atoms with Crippen LogP contribution in [0.4, 0.5) is 0 Å². The van der Waals surface area contributed by atoms with E-state index in [1.165, 1.54) is 43.5 Å². The van der Waals surface area contributed by atoms with Crippen molar-refractivity contribution in [3.8, 4) is 0 Å². The minimum Gasteiger partial charge on any atom is -0.472 e. The molecule has 13 heteroatoms. The van der Waals surface area contributed by atoms with Gasteiger partial charge in [-0.2, -0.15) is 15.4 Å². The number of aromatic nitrogens is 5. The third-order valence-corrected chi connectivity index (χ3v) is 4.28. The SMILES string of the molecule is C.C.Cc1cc(=O)[nH]o1.Cc1cc(=O)c(C)co1.Cc1co[nH]c1=O.Cc1cocc(C)c1=O.Cc1ncn[nH]1. The Morgan fingerprint density at radius 1 is 0.700 bits per heavy atom. The van der Waals surface area contributed by atoms with E-state index in [4.69, 9.17) is 8.83 Å². The fourth-order valence-electron chi connectivity index (χ4n) is 2.17. The van der Waals surface area contributed by atoms with Gasteiger partial charge in [0.15, 0.2) is 10.9 Å². The van der Waals surface area contributed by atoms with Crippen LogP contribution in [-0.4, -0.2) is 25.5 Å². The summed E-state index contributed by atoms with van der Waals surface area (Å²) in [7, 11) is 0. The molecule has 0 aromatic carbocycles. The predicted octanol–water partition coefficient (Wildman–Crippen LogP) is 4.45. The normalized spacial score (nSPS) is 8.88. The monoisotopic (exact) mass is 561 g/mol. The van der Waals surface area contributed by atoms with Crippen LogP contribution in [0.5, 0.6) is 0 Å². The van der Waals surface area contributed by atoms with Crippen molar-refractivity contribution in [2.45, 2.75) is 63.3 Å². The molecule has 5 aromatic heterocycles. The summed E-state index contributed by atoms with van der Waals surface area (Å²) in [6.07, 6.45) is 7.24. The van der Waals surface area contributed by atoms with Gasteiger partial charge in [-0.1, -0.05) is 14.9 Å². The van der Waals surface area contributed by atoms with Gasteiger partial charge in [0.1, 0.15) is 29.9 Å². The van der Waals surface area contributed by atoms with E-state index < -0.39 is 0 Å². The van der Waals surface area contributed by atoms with Crippen LogP contribution in [0, 0.1) is 48.5 Å². The Morgan fingerprint density at radius 2 is 1.32 bits per heavy atom. The third kappa shape index (κ3) is 14.7. The van der Waals surface area contributed by atoms with Crippen molar-refractivity contribution >= 4 is 0 Å². The predicted molar refractivity (Wildman–Crippen MR) is 152 cm³/mol. The van der Waals surface area contributed by atoms with E-state index in [1.807, 2.05) is 6.92 Å². The number of aromatic amines is 3. The molecule has 0 amide bonds. The second-order valence-electron chi connectivity index (χ2n) is 7.85. The van der Waals surface area contributed by atoms with Crippen molar-refractivity contribution in [1.29, 1.82) is 0 Å². The molecule has 0 bridgehead atoms. The molecule has 0 radical (unpaired) electrons. The van der Waals surface area contributed by atoms with Gasteiger partial charge in [-0.05, 0) is 48.5 Å². The Bertz CT molecular complexity index is 1560. The summed E-state index contributed by atoms with van der Waals surface area (Å²) in [5, 5.41) is 10.5. The Morgan fingerprint density at radius 3 is 1.57 bits per heavy atom. The van der Waals surface area contributed by atoms with Crippen LogP contribution in [0.1, 0.15) is 54.5 Å². The molecule has 5 rings (SSSR count). The van der Waals surface area contributed by atoms with Gasteiger partial charge in [0.05, 0.1) is 24.4 Å². The number of hydrogen-bond donors (Lipinski definition) is 3. The van der Waals surface area contributed by atoms with Gasteiger partial charge >= 0.3 is 0 Å². The van der Waals surface area contributed by atoms with Crippen LogP contribution >= 0.6 is 0 Å². The maximum absolute atomic E-state index is 10.9. The maximum atomic E-state index is 10.9. The van der Waals surface area contributed by atoms with E-state index in [0.717, 1.165) is 5.82 Å². The highest BCUT2D eigenvalue weighted by Crippen LogP contribution is 1.93. The van der Waals surface area contributed by atoms with Crippen LogP contribution in [0.3, 0.4) is 0 Å². The molecule has 0 aliphatic rings. The van der Waals surface area contributed by atoms with E-state index >= 15 is 0 Å². The summed E-state index contributed by atoms with van der Waals surface area (Å²) in [6, 6.07) is 2.87. The molecule has 5 aromatic rings. The van der Waals surface area contributed by atoms with E-state index in [1.54, 1.807) is 41.5 Å². The van der Waals surface area contributed by atoms with E-state index in [9.17, 15) is 19.2 Å². The smallest absolute Gasteiger partial charge is 0.282 e. The van der Waals surface area contributed by atoms with Crippen molar-refractivity contribution in [3.05, 3.63) is 124 Å². The summed E-state index contributed by atoms with van der Waals surface area (Å²) in [6.45, 7) is 12.2. The fraction of sp³-hybridized carbons (Fsp3) is 0.333. The zero-order valence-electron chi connectivity index (χ0n) is 22.2. The Balaban J connectivity index is 0. The lowest BCUT2D eigenvalue weighted by atomic mass is 10.2. The largest absolute Gasteiger partial charge is 0.472 e. The fourth-order valence-corrected chi connectivity index (χ4v) is 2.17. The number of aryl methyl sites for hydroxylation is 7. The van der Waals surface area contributed by atoms with Gasteiger partial charge in [-0.3, -0.25) is 24.3 Å². The van der Waals surface area contributed by atoms with Gasteiger partial charge in [-0.15, -0.1) is 0 Å². The Hall–Kier alpha value is -4.94. The van der Waals surface area contributed by atoms with Crippen molar-refractivity contribution in [3.63, 3.8) is 0 Å². The number of rotatable bonds is 0. The molecule has 5 heterocycles. The van der Waals surface area contributed by atoms with Gasteiger partial charge in [0.2, 0.25) is 0 Å². The van der Waals surface area contributed by atoms with Gasteiger partial charge in [0, 0.05) is 28.8 Å². The molecule has 13 nitrogen and oxygen atoms in total. The number of nitrogens with one attached hydrogen (secondary N) is 3. The molecule has 3 N–H and O–H groups in total. The highest BCUT2D eigenvalue weighted by molar-refractivity contribution is 5.12. The van der Waals surface area contributed by atoms with Gasteiger partial charge in [0.25, 0.3) is 11.1 Å². The average molecular weight is 562 g/mol. The lowest BCUT2D eigenvalue weighted by Crippen LogP contribution is -2.06. The highest BCUT2D eigenvalue weighted by atomic mass is 16.5. The standard InChI is InChI=1S/2C7H8O2.2C4H5NO2.C3H5N3.2CH4/c1-5-4-9-6(2)3-7(5)8;1-5-3-9-4-6(2)7(5)8;1-3-2-7-5-4(3)6;1-3-2-4(6)5-7-3;1-3-4-2-5-6-3;;/h2*3-4H,1-2H3;2*2H,1H3,(H,5,6);2H,1H3,(H,4,5,6);2*1H4. The molecule has 0 atom stereocenters. The summed E-state index contributed by atoms with van der Waals surface area (Å²) < 4.78 is 18.7. The molecule has 0 aliphatic heterocycles. The minimum atomic E-state index is -0.183. The molecular formula is C27H39N5O8. The first kappa shape index (κ1) is 37.2. The minimum absolute atomic E-state index is 0. The van der Waals surface area contributed by atoms with E-state index in [-0.39, 0.29) is 36.8 Å². The molecule has 0 saturated carbocycles. The first-order valence-corrected chi connectivity index (χ1v) is 11.1. The molecule has 220 valence electrons. The molecule has 0 saturated heterocycles.